The molecule has 1 aliphatic heterocycles. The highest BCUT2D eigenvalue weighted by Gasteiger charge is 2.33. The standard InChI is InChI=1S/C9H21N3O4S2/c1-11-3-4-12(9(7-10)8-11)18(15,16)6-5-17(2,13)14/h9H,3-8,10H2,1-2H3. The van der Waals surface area contributed by atoms with Crippen LogP contribution in [-0.2, 0) is 19.9 Å². The Hall–Kier alpha value is -0.220. The fourth-order valence-corrected chi connectivity index (χ4v) is 5.18. The molecule has 18 heavy (non-hydrogen) atoms. The first-order chi connectivity index (χ1) is 8.15. The molecule has 0 spiro atoms. The normalized spacial score (nSPS) is 24.3. The van der Waals surface area contributed by atoms with Crippen LogP contribution in [0.3, 0.4) is 0 Å². The smallest absolute Gasteiger partial charge is 0.215 e. The number of piperazine rings is 1. The van der Waals surface area contributed by atoms with E-state index in [0.717, 1.165) is 6.26 Å². The molecule has 1 rings (SSSR count). The van der Waals surface area contributed by atoms with Gasteiger partial charge in [-0.2, -0.15) is 4.31 Å². The SMILES string of the molecule is CN1CCN(S(=O)(=O)CCS(C)(=O)=O)C(CN)C1. The number of hydrogen-bond donors (Lipinski definition) is 1. The second-order valence-corrected chi connectivity index (χ2v) is 9.01. The van der Waals surface area contributed by atoms with Crippen molar-refractivity contribution in [2.75, 3.05) is 51.0 Å². The lowest BCUT2D eigenvalue weighted by molar-refractivity contribution is 0.164. The van der Waals surface area contributed by atoms with Gasteiger partial charge in [-0.3, -0.25) is 0 Å². The number of nitrogens with two attached hydrogens (primary N) is 1. The lowest BCUT2D eigenvalue weighted by atomic mass is 10.2. The summed E-state index contributed by atoms with van der Waals surface area (Å²) in [6.45, 7) is 1.82. The van der Waals surface area contributed by atoms with E-state index < -0.39 is 19.9 Å². The van der Waals surface area contributed by atoms with Crippen molar-refractivity contribution in [1.29, 1.82) is 0 Å². The van der Waals surface area contributed by atoms with Crippen LogP contribution >= 0.6 is 0 Å². The van der Waals surface area contributed by atoms with Crippen molar-refractivity contribution < 1.29 is 16.8 Å². The number of rotatable bonds is 5. The Labute approximate surface area is 109 Å². The lowest BCUT2D eigenvalue weighted by Gasteiger charge is -2.38. The molecule has 1 atom stereocenters. The lowest BCUT2D eigenvalue weighted by Crippen LogP contribution is -2.57. The minimum atomic E-state index is -3.55. The quantitative estimate of drug-likeness (QED) is 0.626. The topological polar surface area (TPSA) is 101 Å². The fourth-order valence-electron chi connectivity index (χ4n) is 1.93. The van der Waals surface area contributed by atoms with Crippen LogP contribution in [0.15, 0.2) is 0 Å². The van der Waals surface area contributed by atoms with Gasteiger partial charge in [0.15, 0.2) is 0 Å². The van der Waals surface area contributed by atoms with Crippen LogP contribution in [0.1, 0.15) is 0 Å². The zero-order valence-corrected chi connectivity index (χ0v) is 12.4. The summed E-state index contributed by atoms with van der Waals surface area (Å²) in [4.78, 5) is 2.01. The summed E-state index contributed by atoms with van der Waals surface area (Å²) in [6, 6.07) is -0.270. The minimum Gasteiger partial charge on any atom is -0.329 e. The molecule has 0 aromatic carbocycles. The monoisotopic (exact) mass is 299 g/mol. The molecule has 1 aliphatic rings. The predicted molar refractivity (Wildman–Crippen MR) is 70.5 cm³/mol. The van der Waals surface area contributed by atoms with Crippen molar-refractivity contribution >= 4 is 19.9 Å². The number of nitrogens with zero attached hydrogens (tertiary/aromatic N) is 2. The van der Waals surface area contributed by atoms with Gasteiger partial charge in [-0.25, -0.2) is 16.8 Å². The van der Waals surface area contributed by atoms with Gasteiger partial charge in [-0.05, 0) is 7.05 Å². The summed E-state index contributed by atoms with van der Waals surface area (Å²) in [5.74, 6) is -0.717. The Kier molecular flexibility index (Phi) is 5.13. The Bertz CT molecular complexity index is 474. The van der Waals surface area contributed by atoms with E-state index in [-0.39, 0.29) is 24.1 Å². The van der Waals surface area contributed by atoms with Crippen LogP contribution in [0.5, 0.6) is 0 Å². The van der Waals surface area contributed by atoms with E-state index in [1.165, 1.54) is 4.31 Å². The van der Waals surface area contributed by atoms with E-state index in [0.29, 0.717) is 19.6 Å². The summed E-state index contributed by atoms with van der Waals surface area (Å²) in [5, 5.41) is 0. The summed E-state index contributed by atoms with van der Waals surface area (Å²) < 4.78 is 47.6. The summed E-state index contributed by atoms with van der Waals surface area (Å²) in [6.07, 6.45) is 1.03. The minimum absolute atomic E-state index is 0.239. The van der Waals surface area contributed by atoms with Gasteiger partial charge in [0, 0.05) is 38.5 Å². The molecule has 0 aromatic heterocycles. The largest absolute Gasteiger partial charge is 0.329 e. The Balaban J connectivity index is 2.77. The third-order valence-corrected chi connectivity index (χ3v) is 6.09. The third-order valence-electron chi connectivity index (χ3n) is 2.97. The van der Waals surface area contributed by atoms with E-state index in [9.17, 15) is 16.8 Å². The average Bonchev–Trinajstić information content (AvgIpc) is 2.25. The Morgan fingerprint density at radius 2 is 1.78 bits per heavy atom. The van der Waals surface area contributed by atoms with Crippen molar-refractivity contribution in [1.82, 2.24) is 9.21 Å². The highest BCUT2D eigenvalue weighted by Crippen LogP contribution is 2.13. The summed E-state index contributed by atoms with van der Waals surface area (Å²) >= 11 is 0. The third kappa shape index (κ3) is 4.47. The molecule has 0 aromatic rings. The van der Waals surface area contributed by atoms with Gasteiger partial charge in [0.05, 0.1) is 11.5 Å². The first-order valence-corrected chi connectivity index (χ1v) is 9.38. The molecule has 1 fully saturated rings. The molecule has 1 saturated heterocycles. The maximum absolute atomic E-state index is 12.1. The Morgan fingerprint density at radius 1 is 1.17 bits per heavy atom. The zero-order chi connectivity index (χ0) is 14.0. The number of hydrogen-bond acceptors (Lipinski definition) is 6. The maximum atomic E-state index is 12.1. The molecule has 1 heterocycles. The summed E-state index contributed by atoms with van der Waals surface area (Å²) in [7, 11) is -4.93. The molecule has 7 nitrogen and oxygen atoms in total. The molecule has 0 bridgehead atoms. The van der Waals surface area contributed by atoms with Crippen molar-refractivity contribution in [3.8, 4) is 0 Å². The molecule has 0 saturated carbocycles. The van der Waals surface area contributed by atoms with Gasteiger partial charge in [-0.15, -0.1) is 0 Å². The van der Waals surface area contributed by atoms with Gasteiger partial charge in [0.2, 0.25) is 10.0 Å². The second-order valence-electron chi connectivity index (χ2n) is 4.71. The van der Waals surface area contributed by atoms with Crippen LogP contribution < -0.4 is 5.73 Å². The second kappa shape index (κ2) is 5.83. The van der Waals surface area contributed by atoms with Crippen LogP contribution in [-0.4, -0.2) is 83.1 Å². The maximum Gasteiger partial charge on any atom is 0.215 e. The van der Waals surface area contributed by atoms with E-state index in [4.69, 9.17) is 5.73 Å². The highest BCUT2D eigenvalue weighted by atomic mass is 32.2. The molecule has 0 amide bonds. The molecule has 0 aliphatic carbocycles. The molecule has 9 heteroatoms. The van der Waals surface area contributed by atoms with Crippen molar-refractivity contribution in [2.45, 2.75) is 6.04 Å². The van der Waals surface area contributed by atoms with E-state index in [1.807, 2.05) is 11.9 Å². The molecular formula is C9H21N3O4S2. The van der Waals surface area contributed by atoms with E-state index in [2.05, 4.69) is 0 Å². The van der Waals surface area contributed by atoms with Gasteiger partial charge >= 0.3 is 0 Å². The zero-order valence-electron chi connectivity index (χ0n) is 10.7. The molecule has 0 radical (unpaired) electrons. The first-order valence-electron chi connectivity index (χ1n) is 5.71. The van der Waals surface area contributed by atoms with Crippen molar-refractivity contribution in [3.05, 3.63) is 0 Å². The highest BCUT2D eigenvalue weighted by molar-refractivity contribution is 7.93. The van der Waals surface area contributed by atoms with Crippen LogP contribution in [0.25, 0.3) is 0 Å². The molecule has 1 unspecified atom stereocenters. The predicted octanol–water partition coefficient (Wildman–Crippen LogP) is -2.06. The fraction of sp³-hybridized carbons (Fsp3) is 1.00. The van der Waals surface area contributed by atoms with Crippen LogP contribution in [0, 0.1) is 0 Å². The first kappa shape index (κ1) is 15.8. The van der Waals surface area contributed by atoms with Gasteiger partial charge in [-0.1, -0.05) is 0 Å². The Morgan fingerprint density at radius 3 is 2.28 bits per heavy atom. The van der Waals surface area contributed by atoms with Gasteiger partial charge < -0.3 is 10.6 Å². The molecular weight excluding hydrogens is 278 g/mol. The van der Waals surface area contributed by atoms with Crippen molar-refractivity contribution in [3.63, 3.8) is 0 Å². The number of likely N-dealkylation sites (N-methyl/N-ethyl adjacent to an activating group) is 1. The van der Waals surface area contributed by atoms with Crippen LogP contribution in [0.2, 0.25) is 0 Å². The van der Waals surface area contributed by atoms with Crippen molar-refractivity contribution in [2.24, 2.45) is 5.73 Å². The van der Waals surface area contributed by atoms with E-state index in [1.54, 1.807) is 0 Å². The van der Waals surface area contributed by atoms with E-state index >= 15 is 0 Å². The van der Waals surface area contributed by atoms with Gasteiger partial charge in [0.25, 0.3) is 0 Å². The summed E-state index contributed by atoms with van der Waals surface area (Å²) in [5.41, 5.74) is 5.58. The molecule has 2 N–H and O–H groups in total. The average molecular weight is 299 g/mol. The van der Waals surface area contributed by atoms with Crippen LogP contribution in [0.4, 0.5) is 0 Å². The van der Waals surface area contributed by atoms with Gasteiger partial charge in [0.1, 0.15) is 9.84 Å². The number of sulfonamides is 1. The molecule has 108 valence electrons. The number of sulfone groups is 1.